The van der Waals surface area contributed by atoms with Gasteiger partial charge in [-0.1, -0.05) is 233 Å². The summed E-state index contributed by atoms with van der Waals surface area (Å²) in [6, 6.07) is 0. The van der Waals surface area contributed by atoms with Crippen LogP contribution in [0.15, 0.2) is 0 Å². The Labute approximate surface area is 342 Å². The molecule has 0 aliphatic rings. The Bertz CT molecular complexity index is 826. The first-order valence-corrected chi connectivity index (χ1v) is 24.4. The van der Waals surface area contributed by atoms with E-state index in [9.17, 15) is 14.4 Å². The number of esters is 3. The van der Waals surface area contributed by atoms with Crippen molar-refractivity contribution in [2.24, 2.45) is 5.92 Å². The first-order chi connectivity index (χ1) is 26.9. The average molecular weight is 779 g/mol. The Hall–Kier alpha value is -1.59. The number of rotatable bonds is 44. The van der Waals surface area contributed by atoms with E-state index in [1.165, 1.54) is 167 Å². The maximum Gasteiger partial charge on any atom is 0.306 e. The van der Waals surface area contributed by atoms with Crippen molar-refractivity contribution in [1.29, 1.82) is 0 Å². The molecule has 55 heavy (non-hydrogen) atoms. The van der Waals surface area contributed by atoms with Gasteiger partial charge in [0.05, 0.1) is 0 Å². The normalized spacial score (nSPS) is 11.9. The molecule has 0 rings (SSSR count). The minimum absolute atomic E-state index is 0.0633. The van der Waals surface area contributed by atoms with Crippen molar-refractivity contribution in [3.63, 3.8) is 0 Å². The molecule has 0 aromatic carbocycles. The van der Waals surface area contributed by atoms with Gasteiger partial charge in [0.15, 0.2) is 6.10 Å². The van der Waals surface area contributed by atoms with Crippen LogP contribution >= 0.6 is 0 Å². The molecule has 0 N–H and O–H groups in total. The van der Waals surface area contributed by atoms with Crippen LogP contribution in [0.3, 0.4) is 0 Å². The van der Waals surface area contributed by atoms with E-state index in [1.807, 2.05) is 0 Å². The third-order valence-corrected chi connectivity index (χ3v) is 11.0. The molecule has 0 aromatic heterocycles. The van der Waals surface area contributed by atoms with E-state index in [2.05, 4.69) is 27.7 Å². The van der Waals surface area contributed by atoms with Crippen LogP contribution in [0, 0.1) is 5.92 Å². The van der Waals surface area contributed by atoms with Gasteiger partial charge in [0.25, 0.3) is 0 Å². The van der Waals surface area contributed by atoms with Gasteiger partial charge in [0.1, 0.15) is 13.2 Å². The van der Waals surface area contributed by atoms with Crippen molar-refractivity contribution < 1.29 is 28.6 Å². The summed E-state index contributed by atoms with van der Waals surface area (Å²) in [6.07, 6.45) is 43.7. The quantitative estimate of drug-likeness (QED) is 0.0348. The van der Waals surface area contributed by atoms with Gasteiger partial charge < -0.3 is 14.2 Å². The minimum atomic E-state index is -0.759. The van der Waals surface area contributed by atoms with E-state index in [0.717, 1.165) is 63.7 Å². The first kappa shape index (κ1) is 53.4. The Morgan fingerprint density at radius 1 is 0.345 bits per heavy atom. The number of hydrogen-bond acceptors (Lipinski definition) is 6. The molecule has 6 heteroatoms. The number of carbonyl (C=O) groups is 3. The smallest absolute Gasteiger partial charge is 0.306 e. The van der Waals surface area contributed by atoms with Crippen molar-refractivity contribution in [3.05, 3.63) is 0 Å². The van der Waals surface area contributed by atoms with Crippen LogP contribution in [0.4, 0.5) is 0 Å². The largest absolute Gasteiger partial charge is 0.462 e. The number of carbonyl (C=O) groups excluding carboxylic acids is 3. The van der Waals surface area contributed by atoms with E-state index in [0.29, 0.717) is 19.3 Å². The number of hydrogen-bond donors (Lipinski definition) is 0. The molecule has 0 bridgehead atoms. The zero-order valence-electron chi connectivity index (χ0n) is 37.4. The molecule has 0 aromatic rings. The van der Waals surface area contributed by atoms with E-state index in [-0.39, 0.29) is 31.1 Å². The molecule has 0 radical (unpaired) electrons. The monoisotopic (exact) mass is 779 g/mol. The molecule has 0 saturated heterocycles. The molecule has 0 aliphatic heterocycles. The lowest BCUT2D eigenvalue weighted by molar-refractivity contribution is -0.167. The van der Waals surface area contributed by atoms with Crippen LogP contribution in [-0.2, 0) is 28.6 Å². The highest BCUT2D eigenvalue weighted by atomic mass is 16.6. The molecular weight excluding hydrogens is 685 g/mol. The molecule has 0 amide bonds. The maximum absolute atomic E-state index is 12.7. The summed E-state index contributed by atoms with van der Waals surface area (Å²) < 4.78 is 16.8. The Morgan fingerprint density at radius 2 is 0.600 bits per heavy atom. The second-order valence-corrected chi connectivity index (χ2v) is 17.2. The standard InChI is InChI=1S/C49H94O6/c1-5-7-9-11-13-15-17-19-21-25-30-34-38-42-49(52)55-46(43-53-47(50)40-36-32-28-24-20-18-16-14-12-10-8-6-2)44-54-48(51)41-37-33-29-26-22-23-27-31-35-39-45(3)4/h45-46H,5-44H2,1-4H3/t46-/m1/s1. The van der Waals surface area contributed by atoms with Crippen molar-refractivity contribution in [1.82, 2.24) is 0 Å². The van der Waals surface area contributed by atoms with Gasteiger partial charge in [-0.25, -0.2) is 0 Å². The van der Waals surface area contributed by atoms with E-state index in [1.54, 1.807) is 0 Å². The fraction of sp³-hybridized carbons (Fsp3) is 0.939. The second-order valence-electron chi connectivity index (χ2n) is 17.2. The first-order valence-electron chi connectivity index (χ1n) is 24.4. The molecule has 0 aliphatic carbocycles. The van der Waals surface area contributed by atoms with Crippen LogP contribution in [0.25, 0.3) is 0 Å². The predicted molar refractivity (Wildman–Crippen MR) is 233 cm³/mol. The van der Waals surface area contributed by atoms with Crippen molar-refractivity contribution in [2.45, 2.75) is 278 Å². The predicted octanol–water partition coefficient (Wildman–Crippen LogP) is 15.5. The fourth-order valence-corrected chi connectivity index (χ4v) is 7.33. The minimum Gasteiger partial charge on any atom is -0.462 e. The van der Waals surface area contributed by atoms with Gasteiger partial charge in [-0.3, -0.25) is 14.4 Å². The maximum atomic E-state index is 12.7. The topological polar surface area (TPSA) is 78.9 Å². The van der Waals surface area contributed by atoms with Crippen molar-refractivity contribution >= 4 is 17.9 Å². The summed E-state index contributed by atoms with van der Waals surface area (Å²) in [6.45, 7) is 8.99. The fourth-order valence-electron chi connectivity index (χ4n) is 7.33. The zero-order valence-corrected chi connectivity index (χ0v) is 37.4. The summed E-state index contributed by atoms with van der Waals surface area (Å²) in [5.41, 5.74) is 0. The lowest BCUT2D eigenvalue weighted by Crippen LogP contribution is -2.30. The lowest BCUT2D eigenvalue weighted by Gasteiger charge is -2.18. The third kappa shape index (κ3) is 43.4. The summed E-state index contributed by atoms with van der Waals surface area (Å²) in [7, 11) is 0. The van der Waals surface area contributed by atoms with Gasteiger partial charge in [0, 0.05) is 19.3 Å². The lowest BCUT2D eigenvalue weighted by atomic mass is 10.0. The van der Waals surface area contributed by atoms with E-state index < -0.39 is 6.10 Å². The van der Waals surface area contributed by atoms with Crippen molar-refractivity contribution in [2.75, 3.05) is 13.2 Å². The second kappa shape index (κ2) is 43.5. The molecule has 0 spiro atoms. The van der Waals surface area contributed by atoms with E-state index in [4.69, 9.17) is 14.2 Å². The number of ether oxygens (including phenoxy) is 3. The molecule has 6 nitrogen and oxygen atoms in total. The highest BCUT2D eigenvalue weighted by Crippen LogP contribution is 2.16. The van der Waals surface area contributed by atoms with Crippen LogP contribution in [-0.4, -0.2) is 37.2 Å². The molecule has 1 atom stereocenters. The van der Waals surface area contributed by atoms with E-state index >= 15 is 0 Å². The molecule has 0 unspecified atom stereocenters. The molecule has 0 heterocycles. The number of unbranched alkanes of at least 4 members (excludes halogenated alkanes) is 31. The van der Waals surface area contributed by atoms with Gasteiger partial charge >= 0.3 is 17.9 Å². The molecule has 326 valence electrons. The average Bonchev–Trinajstić information content (AvgIpc) is 3.17. The zero-order chi connectivity index (χ0) is 40.3. The Kier molecular flexibility index (Phi) is 42.3. The summed E-state index contributed by atoms with van der Waals surface area (Å²) in [5, 5.41) is 0. The Morgan fingerprint density at radius 3 is 0.891 bits per heavy atom. The van der Waals surface area contributed by atoms with Gasteiger partial charge in [0.2, 0.25) is 0 Å². The third-order valence-electron chi connectivity index (χ3n) is 11.0. The van der Waals surface area contributed by atoms with Crippen LogP contribution in [0.5, 0.6) is 0 Å². The highest BCUT2D eigenvalue weighted by molar-refractivity contribution is 5.71. The van der Waals surface area contributed by atoms with Gasteiger partial charge in [-0.05, 0) is 25.2 Å². The van der Waals surface area contributed by atoms with Gasteiger partial charge in [-0.2, -0.15) is 0 Å². The molecule has 0 fully saturated rings. The van der Waals surface area contributed by atoms with Crippen LogP contribution in [0.2, 0.25) is 0 Å². The van der Waals surface area contributed by atoms with Crippen LogP contribution in [0.1, 0.15) is 272 Å². The molecular formula is C49H94O6. The summed E-state index contributed by atoms with van der Waals surface area (Å²) in [5.74, 6) is -0.0409. The summed E-state index contributed by atoms with van der Waals surface area (Å²) >= 11 is 0. The SMILES string of the molecule is CCCCCCCCCCCCCCCC(=O)O[C@H](COC(=O)CCCCCCCCCCCCCC)COC(=O)CCCCCCCCCCCC(C)C. The highest BCUT2D eigenvalue weighted by Gasteiger charge is 2.19. The van der Waals surface area contributed by atoms with Crippen molar-refractivity contribution in [3.8, 4) is 0 Å². The van der Waals surface area contributed by atoms with Gasteiger partial charge in [-0.15, -0.1) is 0 Å². The summed E-state index contributed by atoms with van der Waals surface area (Å²) in [4.78, 5) is 37.8. The Balaban J connectivity index is 4.33. The molecule has 0 saturated carbocycles. The van der Waals surface area contributed by atoms with Crippen LogP contribution < -0.4 is 0 Å².